The highest BCUT2D eigenvalue weighted by Gasteiger charge is 2.11. The van der Waals surface area contributed by atoms with Crippen LogP contribution in [0, 0.1) is 0 Å². The summed E-state index contributed by atoms with van der Waals surface area (Å²) in [6.45, 7) is 0.337. The molecule has 21 heavy (non-hydrogen) atoms. The lowest BCUT2D eigenvalue weighted by Crippen LogP contribution is -2.29. The minimum Gasteiger partial charge on any atom is -0.421 e. The molecule has 6 nitrogen and oxygen atoms in total. The van der Waals surface area contributed by atoms with Crippen LogP contribution in [0.1, 0.15) is 18.7 Å². The molecule has 0 radical (unpaired) electrons. The Kier molecular flexibility index (Phi) is 5.45. The Hall–Kier alpha value is -2.21. The van der Waals surface area contributed by atoms with E-state index in [1.165, 1.54) is 4.90 Å². The van der Waals surface area contributed by atoms with Crippen molar-refractivity contribution in [2.75, 3.05) is 20.2 Å². The standard InChI is InChI=1S/C15H19N3O3/c1-18(10-11-19)14(20)9-5-8-13-16-17-15(21-13)12-6-3-2-4-7-12/h2-4,6-7,19H,5,8-11H2,1H3. The molecule has 1 heterocycles. The van der Waals surface area contributed by atoms with Crippen LogP contribution in [-0.2, 0) is 11.2 Å². The molecule has 1 amide bonds. The average Bonchev–Trinajstić information content (AvgIpc) is 2.97. The number of carbonyl (C=O) groups is 1. The summed E-state index contributed by atoms with van der Waals surface area (Å²) in [5.74, 6) is 1.03. The Balaban J connectivity index is 1.82. The van der Waals surface area contributed by atoms with E-state index in [9.17, 15) is 4.79 Å². The molecule has 6 heteroatoms. The zero-order chi connectivity index (χ0) is 15.1. The highest BCUT2D eigenvalue weighted by molar-refractivity contribution is 5.75. The third kappa shape index (κ3) is 4.39. The summed E-state index contributed by atoms with van der Waals surface area (Å²) in [6, 6.07) is 9.56. The number of benzene rings is 1. The van der Waals surface area contributed by atoms with E-state index in [0.29, 0.717) is 37.6 Å². The molecule has 0 fully saturated rings. The van der Waals surface area contributed by atoms with Crippen molar-refractivity contribution in [2.45, 2.75) is 19.3 Å². The van der Waals surface area contributed by atoms with Crippen LogP contribution in [-0.4, -0.2) is 46.3 Å². The number of aliphatic hydroxyl groups excluding tert-OH is 1. The molecule has 0 bridgehead atoms. The zero-order valence-corrected chi connectivity index (χ0v) is 12.0. The highest BCUT2D eigenvalue weighted by Crippen LogP contribution is 2.17. The van der Waals surface area contributed by atoms with Gasteiger partial charge in [0, 0.05) is 32.0 Å². The second-order valence-electron chi connectivity index (χ2n) is 4.76. The molecule has 2 aromatic rings. The van der Waals surface area contributed by atoms with E-state index in [2.05, 4.69) is 10.2 Å². The Morgan fingerprint density at radius 2 is 2.05 bits per heavy atom. The topological polar surface area (TPSA) is 79.5 Å². The number of carbonyl (C=O) groups excluding carboxylic acids is 1. The van der Waals surface area contributed by atoms with Crippen molar-refractivity contribution in [3.05, 3.63) is 36.2 Å². The van der Waals surface area contributed by atoms with Gasteiger partial charge in [0.1, 0.15) is 0 Å². The van der Waals surface area contributed by atoms with Gasteiger partial charge in [-0.15, -0.1) is 10.2 Å². The molecule has 0 atom stereocenters. The second-order valence-corrected chi connectivity index (χ2v) is 4.76. The van der Waals surface area contributed by atoms with Crippen LogP contribution < -0.4 is 0 Å². The number of amides is 1. The van der Waals surface area contributed by atoms with Crippen LogP contribution in [0.3, 0.4) is 0 Å². The molecule has 1 aromatic carbocycles. The van der Waals surface area contributed by atoms with Gasteiger partial charge in [0.05, 0.1) is 6.61 Å². The predicted octanol–water partition coefficient (Wildman–Crippen LogP) is 1.51. The summed E-state index contributed by atoms with van der Waals surface area (Å²) < 4.78 is 5.57. The molecule has 1 N–H and O–H groups in total. The molecule has 0 aliphatic heterocycles. The number of rotatable bonds is 7. The SMILES string of the molecule is CN(CCO)C(=O)CCCc1nnc(-c2ccccc2)o1. The highest BCUT2D eigenvalue weighted by atomic mass is 16.4. The molecule has 0 unspecified atom stereocenters. The molecule has 2 rings (SSSR count). The maximum Gasteiger partial charge on any atom is 0.247 e. The van der Waals surface area contributed by atoms with Crippen molar-refractivity contribution in [2.24, 2.45) is 0 Å². The van der Waals surface area contributed by atoms with Crippen LogP contribution in [0.25, 0.3) is 11.5 Å². The number of likely N-dealkylation sites (N-methyl/N-ethyl adjacent to an activating group) is 1. The number of aliphatic hydroxyl groups is 1. The first-order chi connectivity index (χ1) is 10.2. The van der Waals surface area contributed by atoms with Gasteiger partial charge in [-0.25, -0.2) is 0 Å². The normalized spacial score (nSPS) is 10.6. The number of nitrogens with zero attached hydrogens (tertiary/aromatic N) is 3. The molecule has 0 spiro atoms. The number of hydrogen-bond acceptors (Lipinski definition) is 5. The smallest absolute Gasteiger partial charge is 0.247 e. The van der Waals surface area contributed by atoms with Gasteiger partial charge in [-0.1, -0.05) is 18.2 Å². The van der Waals surface area contributed by atoms with Gasteiger partial charge < -0.3 is 14.4 Å². The summed E-state index contributed by atoms with van der Waals surface area (Å²) in [5, 5.41) is 16.8. The van der Waals surface area contributed by atoms with Gasteiger partial charge in [-0.05, 0) is 18.6 Å². The molecule has 0 saturated heterocycles. The van der Waals surface area contributed by atoms with Crippen molar-refractivity contribution in [3.8, 4) is 11.5 Å². The van der Waals surface area contributed by atoms with E-state index in [0.717, 1.165) is 5.56 Å². The first-order valence-corrected chi connectivity index (χ1v) is 6.93. The lowest BCUT2D eigenvalue weighted by Gasteiger charge is -2.14. The predicted molar refractivity (Wildman–Crippen MR) is 77.4 cm³/mol. The zero-order valence-electron chi connectivity index (χ0n) is 12.0. The maximum atomic E-state index is 11.7. The molecule has 1 aromatic heterocycles. The Labute approximate surface area is 123 Å². The summed E-state index contributed by atoms with van der Waals surface area (Å²) in [6.07, 6.45) is 1.61. The second kappa shape index (κ2) is 7.54. The number of aromatic nitrogens is 2. The van der Waals surface area contributed by atoms with Crippen molar-refractivity contribution in [1.29, 1.82) is 0 Å². The number of aryl methyl sites for hydroxylation is 1. The minimum atomic E-state index is -0.0215. The van der Waals surface area contributed by atoms with Gasteiger partial charge in [-0.3, -0.25) is 4.79 Å². The molecule has 112 valence electrons. The van der Waals surface area contributed by atoms with Crippen molar-refractivity contribution in [3.63, 3.8) is 0 Å². The summed E-state index contributed by atoms with van der Waals surface area (Å²) >= 11 is 0. The fourth-order valence-corrected chi connectivity index (χ4v) is 1.91. The summed E-state index contributed by atoms with van der Waals surface area (Å²) in [4.78, 5) is 13.2. The largest absolute Gasteiger partial charge is 0.421 e. The van der Waals surface area contributed by atoms with Gasteiger partial charge in [0.15, 0.2) is 0 Å². The third-order valence-corrected chi connectivity index (χ3v) is 3.13. The monoisotopic (exact) mass is 289 g/mol. The van der Waals surface area contributed by atoms with E-state index >= 15 is 0 Å². The number of hydrogen-bond donors (Lipinski definition) is 1. The lowest BCUT2D eigenvalue weighted by molar-refractivity contribution is -0.130. The Morgan fingerprint density at radius 3 is 2.76 bits per heavy atom. The van der Waals surface area contributed by atoms with Crippen LogP contribution >= 0.6 is 0 Å². The Bertz CT molecular complexity index is 569. The van der Waals surface area contributed by atoms with Gasteiger partial charge in [0.25, 0.3) is 0 Å². The van der Waals surface area contributed by atoms with Crippen molar-refractivity contribution in [1.82, 2.24) is 15.1 Å². The molecule has 0 aliphatic carbocycles. The van der Waals surface area contributed by atoms with Gasteiger partial charge >= 0.3 is 0 Å². The minimum absolute atomic E-state index is 0.00634. The summed E-state index contributed by atoms with van der Waals surface area (Å²) in [7, 11) is 1.68. The molecular formula is C15H19N3O3. The van der Waals surface area contributed by atoms with Crippen LogP contribution in [0.5, 0.6) is 0 Å². The van der Waals surface area contributed by atoms with E-state index in [4.69, 9.17) is 9.52 Å². The molecule has 0 aliphatic rings. The van der Waals surface area contributed by atoms with Crippen molar-refractivity contribution < 1.29 is 14.3 Å². The fraction of sp³-hybridized carbons (Fsp3) is 0.400. The third-order valence-electron chi connectivity index (χ3n) is 3.13. The molecular weight excluding hydrogens is 270 g/mol. The Morgan fingerprint density at radius 1 is 1.29 bits per heavy atom. The quantitative estimate of drug-likeness (QED) is 0.835. The van der Waals surface area contributed by atoms with Gasteiger partial charge in [0.2, 0.25) is 17.7 Å². The van der Waals surface area contributed by atoms with Crippen LogP contribution in [0.15, 0.2) is 34.7 Å². The van der Waals surface area contributed by atoms with Crippen LogP contribution in [0.2, 0.25) is 0 Å². The van der Waals surface area contributed by atoms with E-state index in [1.54, 1.807) is 7.05 Å². The maximum absolute atomic E-state index is 11.7. The summed E-state index contributed by atoms with van der Waals surface area (Å²) in [5.41, 5.74) is 0.884. The molecule has 0 saturated carbocycles. The first kappa shape index (κ1) is 15.2. The first-order valence-electron chi connectivity index (χ1n) is 6.93. The van der Waals surface area contributed by atoms with E-state index in [1.807, 2.05) is 30.3 Å². The van der Waals surface area contributed by atoms with E-state index < -0.39 is 0 Å². The lowest BCUT2D eigenvalue weighted by atomic mass is 10.2. The average molecular weight is 289 g/mol. The van der Waals surface area contributed by atoms with Crippen LogP contribution in [0.4, 0.5) is 0 Å². The van der Waals surface area contributed by atoms with Crippen molar-refractivity contribution >= 4 is 5.91 Å². The fourth-order valence-electron chi connectivity index (χ4n) is 1.91. The van der Waals surface area contributed by atoms with E-state index in [-0.39, 0.29) is 12.5 Å². The van der Waals surface area contributed by atoms with Gasteiger partial charge in [-0.2, -0.15) is 0 Å².